The lowest BCUT2D eigenvalue weighted by Crippen LogP contribution is -2.47. The van der Waals surface area contributed by atoms with Gasteiger partial charge in [-0.3, -0.25) is 4.79 Å². The molecule has 112 valence electrons. The summed E-state index contributed by atoms with van der Waals surface area (Å²) in [6.07, 6.45) is 2.38. The highest BCUT2D eigenvalue weighted by Gasteiger charge is 2.22. The van der Waals surface area contributed by atoms with E-state index in [0.29, 0.717) is 5.82 Å². The fraction of sp³-hybridized carbons (Fsp3) is 0.455. The molecule has 0 radical (unpaired) electrons. The molecular weight excluding hydrogens is 304 g/mol. The molecule has 0 aromatic carbocycles. The Morgan fingerprint density at radius 2 is 2.10 bits per heavy atom. The van der Waals surface area contributed by atoms with E-state index in [9.17, 15) is 13.2 Å². The third kappa shape index (κ3) is 5.32. The van der Waals surface area contributed by atoms with Crippen LogP contribution in [-0.4, -0.2) is 37.6 Å². The second-order valence-electron chi connectivity index (χ2n) is 5.03. The van der Waals surface area contributed by atoms with Crippen LogP contribution in [-0.2, 0) is 10.0 Å². The summed E-state index contributed by atoms with van der Waals surface area (Å²) < 4.78 is 24.9. The highest BCUT2D eigenvalue weighted by Crippen LogP contribution is 2.20. The second kappa shape index (κ2) is 5.94. The van der Waals surface area contributed by atoms with Crippen molar-refractivity contribution >= 4 is 33.3 Å². The number of nitrogens with zero attached hydrogens (tertiary/aromatic N) is 1. The van der Waals surface area contributed by atoms with Crippen molar-refractivity contribution in [2.24, 2.45) is 5.73 Å². The molecule has 1 aromatic rings. The Labute approximate surface area is 123 Å². The topological polar surface area (TPSA) is 114 Å². The van der Waals surface area contributed by atoms with Crippen LogP contribution in [0.25, 0.3) is 0 Å². The molecule has 9 heteroatoms. The van der Waals surface area contributed by atoms with Gasteiger partial charge in [-0.15, -0.1) is 0 Å². The highest BCUT2D eigenvalue weighted by molar-refractivity contribution is 7.88. The molecule has 20 heavy (non-hydrogen) atoms. The number of hydrogen-bond donors (Lipinski definition) is 3. The van der Waals surface area contributed by atoms with Gasteiger partial charge in [-0.2, -0.15) is 0 Å². The molecule has 0 fully saturated rings. The third-order valence-electron chi connectivity index (χ3n) is 2.29. The zero-order valence-corrected chi connectivity index (χ0v) is 13.0. The lowest BCUT2D eigenvalue weighted by atomic mass is 10.1. The quantitative estimate of drug-likeness (QED) is 0.709. The molecule has 0 saturated heterocycles. The van der Waals surface area contributed by atoms with Gasteiger partial charge in [0.1, 0.15) is 5.82 Å². The van der Waals surface area contributed by atoms with Crippen LogP contribution in [0.4, 0.5) is 5.82 Å². The number of nitrogens with two attached hydrogens (primary N) is 1. The number of carbonyl (C=O) groups is 1. The maximum Gasteiger partial charge on any atom is 0.250 e. The standard InChI is InChI=1S/C11H17ClN4O3S/c1-11(2,16-20(3,18)19)6-15-10-8(12)4-7(5-14-10)9(13)17/h4-5,16H,6H2,1-3H3,(H2,13,17)(H,14,15). The monoisotopic (exact) mass is 320 g/mol. The Bertz CT molecular complexity index is 616. The summed E-state index contributed by atoms with van der Waals surface area (Å²) in [4.78, 5) is 14.9. The summed E-state index contributed by atoms with van der Waals surface area (Å²) in [6, 6.07) is 1.40. The Balaban J connectivity index is 2.78. The van der Waals surface area contributed by atoms with Crippen LogP contribution in [0, 0.1) is 0 Å². The molecule has 1 rings (SSSR count). The van der Waals surface area contributed by atoms with Crippen molar-refractivity contribution < 1.29 is 13.2 Å². The average Bonchev–Trinajstić information content (AvgIpc) is 2.23. The van der Waals surface area contributed by atoms with E-state index in [-0.39, 0.29) is 17.1 Å². The predicted molar refractivity (Wildman–Crippen MR) is 78.3 cm³/mol. The molecule has 1 amide bonds. The number of aromatic nitrogens is 1. The molecule has 0 aliphatic carbocycles. The maximum atomic E-state index is 11.2. The van der Waals surface area contributed by atoms with Gasteiger partial charge in [0.2, 0.25) is 15.9 Å². The molecule has 7 nitrogen and oxygen atoms in total. The van der Waals surface area contributed by atoms with Crippen LogP contribution < -0.4 is 15.8 Å². The summed E-state index contributed by atoms with van der Waals surface area (Å²) in [6.45, 7) is 3.70. The van der Waals surface area contributed by atoms with Crippen molar-refractivity contribution in [1.29, 1.82) is 0 Å². The number of rotatable bonds is 6. The van der Waals surface area contributed by atoms with E-state index in [1.807, 2.05) is 0 Å². The Morgan fingerprint density at radius 1 is 1.50 bits per heavy atom. The second-order valence-corrected chi connectivity index (χ2v) is 7.19. The molecule has 0 saturated carbocycles. The first-order chi connectivity index (χ1) is 9.00. The number of amides is 1. The summed E-state index contributed by atoms with van der Waals surface area (Å²) in [5.74, 6) is -0.273. The minimum absolute atomic E-state index is 0.203. The summed E-state index contributed by atoms with van der Waals surface area (Å²) in [5.41, 5.74) is 4.59. The van der Waals surface area contributed by atoms with Crippen molar-refractivity contribution in [1.82, 2.24) is 9.71 Å². The number of nitrogens with one attached hydrogen (secondary N) is 2. The van der Waals surface area contributed by atoms with E-state index < -0.39 is 21.5 Å². The Kier molecular flexibility index (Phi) is 4.95. The number of anilines is 1. The minimum atomic E-state index is -3.32. The van der Waals surface area contributed by atoms with Crippen molar-refractivity contribution in [3.63, 3.8) is 0 Å². The first-order valence-electron chi connectivity index (χ1n) is 5.68. The molecule has 1 aromatic heterocycles. The van der Waals surface area contributed by atoms with E-state index in [1.54, 1.807) is 13.8 Å². The number of hydrogen-bond acceptors (Lipinski definition) is 5. The van der Waals surface area contributed by atoms with Crippen LogP contribution in [0.3, 0.4) is 0 Å². The number of halogens is 1. The molecule has 1 heterocycles. The predicted octanol–water partition coefficient (Wildman–Crippen LogP) is 0.574. The fourth-order valence-corrected chi connectivity index (χ4v) is 2.85. The third-order valence-corrected chi connectivity index (χ3v) is 3.50. The van der Waals surface area contributed by atoms with E-state index in [2.05, 4.69) is 15.0 Å². The first-order valence-corrected chi connectivity index (χ1v) is 7.95. The largest absolute Gasteiger partial charge is 0.367 e. The molecule has 0 aliphatic rings. The fourth-order valence-electron chi connectivity index (χ4n) is 1.55. The zero-order valence-electron chi connectivity index (χ0n) is 11.4. The molecule has 4 N–H and O–H groups in total. The molecule has 0 atom stereocenters. The number of carbonyl (C=O) groups excluding carboxylic acids is 1. The molecular formula is C11H17ClN4O3S. The summed E-state index contributed by atoms with van der Waals surface area (Å²) in [7, 11) is -3.32. The van der Waals surface area contributed by atoms with Crippen LogP contribution >= 0.6 is 11.6 Å². The van der Waals surface area contributed by atoms with Gasteiger partial charge in [-0.25, -0.2) is 18.1 Å². The number of sulfonamides is 1. The van der Waals surface area contributed by atoms with Gasteiger partial charge in [0.15, 0.2) is 0 Å². The number of primary amides is 1. The van der Waals surface area contributed by atoms with Gasteiger partial charge < -0.3 is 11.1 Å². The van der Waals surface area contributed by atoms with Crippen molar-refractivity contribution in [3.8, 4) is 0 Å². The van der Waals surface area contributed by atoms with Gasteiger partial charge in [0.05, 0.1) is 16.8 Å². The van der Waals surface area contributed by atoms with Crippen LogP contribution in [0.5, 0.6) is 0 Å². The van der Waals surface area contributed by atoms with Crippen LogP contribution in [0.15, 0.2) is 12.3 Å². The van der Waals surface area contributed by atoms with E-state index in [4.69, 9.17) is 17.3 Å². The molecule has 0 unspecified atom stereocenters. The zero-order chi connectivity index (χ0) is 15.6. The molecule has 0 spiro atoms. The number of pyridine rings is 1. The maximum absolute atomic E-state index is 11.2. The minimum Gasteiger partial charge on any atom is -0.367 e. The van der Waals surface area contributed by atoms with Gasteiger partial charge in [-0.1, -0.05) is 11.6 Å². The van der Waals surface area contributed by atoms with E-state index in [0.717, 1.165) is 6.26 Å². The average molecular weight is 321 g/mol. The normalized spacial score (nSPS) is 12.2. The molecule has 0 aliphatic heterocycles. The van der Waals surface area contributed by atoms with E-state index >= 15 is 0 Å². The van der Waals surface area contributed by atoms with Crippen molar-refractivity contribution in [3.05, 3.63) is 22.8 Å². The van der Waals surface area contributed by atoms with Crippen molar-refractivity contribution in [2.45, 2.75) is 19.4 Å². The van der Waals surface area contributed by atoms with Gasteiger partial charge in [0.25, 0.3) is 0 Å². The first kappa shape index (κ1) is 16.7. The van der Waals surface area contributed by atoms with Gasteiger partial charge in [-0.05, 0) is 19.9 Å². The summed E-state index contributed by atoms with van der Waals surface area (Å²) >= 11 is 5.96. The van der Waals surface area contributed by atoms with Gasteiger partial charge >= 0.3 is 0 Å². The highest BCUT2D eigenvalue weighted by atomic mass is 35.5. The Morgan fingerprint density at radius 3 is 2.55 bits per heavy atom. The van der Waals surface area contributed by atoms with E-state index in [1.165, 1.54) is 12.3 Å². The molecule has 0 bridgehead atoms. The summed E-state index contributed by atoms with van der Waals surface area (Å²) in [5, 5.41) is 3.15. The SMILES string of the molecule is CC(C)(CNc1ncc(C(N)=O)cc1Cl)NS(C)(=O)=O. The Hall–Kier alpha value is -1.38. The smallest absolute Gasteiger partial charge is 0.250 e. The van der Waals surface area contributed by atoms with Crippen LogP contribution in [0.1, 0.15) is 24.2 Å². The van der Waals surface area contributed by atoms with Crippen molar-refractivity contribution in [2.75, 3.05) is 18.1 Å². The lowest BCUT2D eigenvalue weighted by Gasteiger charge is -2.25. The lowest BCUT2D eigenvalue weighted by molar-refractivity contribution is 0.1000. The van der Waals surface area contributed by atoms with Gasteiger partial charge in [0, 0.05) is 18.3 Å². The van der Waals surface area contributed by atoms with Crippen LogP contribution in [0.2, 0.25) is 5.02 Å².